The average Bonchev–Trinajstić information content (AvgIpc) is 2.99. The second kappa shape index (κ2) is 4.27. The summed E-state index contributed by atoms with van der Waals surface area (Å²) in [5.74, 6) is 1.07. The number of hydrogen-bond acceptors (Lipinski definition) is 5. The predicted octanol–water partition coefficient (Wildman–Crippen LogP) is 3.36. The van der Waals surface area contributed by atoms with Crippen LogP contribution in [0.15, 0.2) is 40.2 Å². The first-order valence-electron chi connectivity index (χ1n) is 5.49. The molecule has 4 nitrogen and oxygen atoms in total. The van der Waals surface area contributed by atoms with Crippen LogP contribution >= 0.6 is 11.3 Å². The molecule has 2 heterocycles. The van der Waals surface area contributed by atoms with E-state index in [0.29, 0.717) is 17.4 Å². The highest BCUT2D eigenvalue weighted by Gasteiger charge is 2.15. The standard InChI is InChI=1S/C13H11N3OS/c1-8-4-2-5-9(14)11(8)13-15-12(16-17-13)10-6-3-7-18-10/h2-7H,14H2,1H3. The van der Waals surface area contributed by atoms with E-state index in [-0.39, 0.29) is 0 Å². The van der Waals surface area contributed by atoms with Gasteiger partial charge in [0.25, 0.3) is 5.89 Å². The molecular formula is C13H11N3OS. The van der Waals surface area contributed by atoms with E-state index in [0.717, 1.165) is 16.0 Å². The Morgan fingerprint density at radius 1 is 1.22 bits per heavy atom. The summed E-state index contributed by atoms with van der Waals surface area (Å²) in [4.78, 5) is 5.38. The Bertz CT molecular complexity index is 653. The maximum absolute atomic E-state index is 5.96. The number of anilines is 1. The molecule has 0 aliphatic carbocycles. The first-order valence-corrected chi connectivity index (χ1v) is 6.37. The molecule has 0 aliphatic heterocycles. The third-order valence-corrected chi connectivity index (χ3v) is 3.55. The zero-order valence-electron chi connectivity index (χ0n) is 9.75. The number of nitrogens with two attached hydrogens (primary N) is 1. The van der Waals surface area contributed by atoms with Crippen molar-refractivity contribution in [1.29, 1.82) is 0 Å². The smallest absolute Gasteiger partial charge is 0.260 e. The van der Waals surface area contributed by atoms with E-state index >= 15 is 0 Å². The summed E-state index contributed by atoms with van der Waals surface area (Å²) in [6.07, 6.45) is 0. The van der Waals surface area contributed by atoms with Crippen molar-refractivity contribution in [3.05, 3.63) is 41.3 Å². The van der Waals surface area contributed by atoms with Crippen molar-refractivity contribution in [2.24, 2.45) is 0 Å². The highest BCUT2D eigenvalue weighted by atomic mass is 32.1. The van der Waals surface area contributed by atoms with Gasteiger partial charge < -0.3 is 10.3 Å². The van der Waals surface area contributed by atoms with Crippen LogP contribution in [-0.4, -0.2) is 10.1 Å². The van der Waals surface area contributed by atoms with Gasteiger partial charge in [-0.2, -0.15) is 4.98 Å². The normalized spacial score (nSPS) is 10.7. The van der Waals surface area contributed by atoms with Crippen LogP contribution in [0.5, 0.6) is 0 Å². The van der Waals surface area contributed by atoms with Gasteiger partial charge in [-0.1, -0.05) is 23.4 Å². The van der Waals surface area contributed by atoms with Gasteiger partial charge in [-0.3, -0.25) is 0 Å². The molecule has 2 N–H and O–H groups in total. The molecule has 90 valence electrons. The molecule has 1 aromatic carbocycles. The van der Waals surface area contributed by atoms with E-state index in [9.17, 15) is 0 Å². The van der Waals surface area contributed by atoms with Gasteiger partial charge in [-0.15, -0.1) is 11.3 Å². The van der Waals surface area contributed by atoms with Crippen molar-refractivity contribution in [1.82, 2.24) is 10.1 Å². The van der Waals surface area contributed by atoms with Gasteiger partial charge in [-0.25, -0.2) is 0 Å². The molecule has 0 bridgehead atoms. The largest absolute Gasteiger partial charge is 0.398 e. The molecule has 0 radical (unpaired) electrons. The van der Waals surface area contributed by atoms with Crippen LogP contribution in [0, 0.1) is 6.92 Å². The van der Waals surface area contributed by atoms with Crippen molar-refractivity contribution < 1.29 is 4.52 Å². The van der Waals surface area contributed by atoms with Crippen LogP contribution in [0.1, 0.15) is 5.56 Å². The average molecular weight is 257 g/mol. The minimum atomic E-state index is 0.467. The Labute approximate surface area is 108 Å². The van der Waals surface area contributed by atoms with Gasteiger partial charge in [0.1, 0.15) is 0 Å². The molecule has 0 atom stereocenters. The van der Waals surface area contributed by atoms with Crippen LogP contribution in [0.4, 0.5) is 5.69 Å². The van der Waals surface area contributed by atoms with Crippen molar-refractivity contribution >= 4 is 17.0 Å². The number of rotatable bonds is 2. The Hall–Kier alpha value is -2.14. The second-order valence-corrected chi connectivity index (χ2v) is 4.89. The van der Waals surface area contributed by atoms with Gasteiger partial charge >= 0.3 is 0 Å². The first kappa shape index (κ1) is 11.0. The van der Waals surface area contributed by atoms with Crippen molar-refractivity contribution in [3.8, 4) is 22.2 Å². The lowest BCUT2D eigenvalue weighted by molar-refractivity contribution is 0.432. The fraction of sp³-hybridized carbons (Fsp3) is 0.0769. The molecule has 2 aromatic heterocycles. The fourth-order valence-corrected chi connectivity index (χ4v) is 2.46. The lowest BCUT2D eigenvalue weighted by atomic mass is 10.1. The quantitative estimate of drug-likeness (QED) is 0.715. The molecule has 0 spiro atoms. The summed E-state index contributed by atoms with van der Waals surface area (Å²) >= 11 is 1.58. The highest BCUT2D eigenvalue weighted by Crippen LogP contribution is 2.30. The lowest BCUT2D eigenvalue weighted by Gasteiger charge is -2.03. The van der Waals surface area contributed by atoms with Gasteiger partial charge in [0, 0.05) is 5.69 Å². The van der Waals surface area contributed by atoms with E-state index in [1.807, 2.05) is 42.6 Å². The van der Waals surface area contributed by atoms with E-state index in [2.05, 4.69) is 10.1 Å². The van der Waals surface area contributed by atoms with E-state index < -0.39 is 0 Å². The lowest BCUT2D eigenvalue weighted by Crippen LogP contribution is -1.92. The Kier molecular flexibility index (Phi) is 2.60. The van der Waals surface area contributed by atoms with E-state index in [1.165, 1.54) is 0 Å². The maximum Gasteiger partial charge on any atom is 0.260 e. The monoisotopic (exact) mass is 257 g/mol. The molecule has 3 rings (SSSR count). The summed E-state index contributed by atoms with van der Waals surface area (Å²) in [5.41, 5.74) is 8.44. The van der Waals surface area contributed by atoms with E-state index in [4.69, 9.17) is 10.3 Å². The maximum atomic E-state index is 5.96. The summed E-state index contributed by atoms with van der Waals surface area (Å²) in [6, 6.07) is 9.63. The number of nitrogen functional groups attached to an aromatic ring is 1. The third kappa shape index (κ3) is 1.78. The molecule has 0 unspecified atom stereocenters. The number of aryl methyl sites for hydroxylation is 1. The Balaban J connectivity index is 2.09. The Morgan fingerprint density at radius 2 is 2.11 bits per heavy atom. The first-order chi connectivity index (χ1) is 8.75. The number of thiophene rings is 1. The molecule has 0 saturated carbocycles. The Morgan fingerprint density at radius 3 is 2.83 bits per heavy atom. The summed E-state index contributed by atoms with van der Waals surface area (Å²) < 4.78 is 5.30. The second-order valence-electron chi connectivity index (χ2n) is 3.94. The molecule has 0 aliphatic rings. The molecule has 3 aromatic rings. The van der Waals surface area contributed by atoms with E-state index in [1.54, 1.807) is 11.3 Å². The van der Waals surface area contributed by atoms with Gasteiger partial charge in [0.15, 0.2) is 0 Å². The SMILES string of the molecule is Cc1cccc(N)c1-c1nc(-c2cccs2)no1. The molecule has 5 heteroatoms. The van der Waals surface area contributed by atoms with Crippen molar-refractivity contribution in [2.75, 3.05) is 5.73 Å². The van der Waals surface area contributed by atoms with Crippen LogP contribution in [0.3, 0.4) is 0 Å². The summed E-state index contributed by atoms with van der Waals surface area (Å²) in [7, 11) is 0. The van der Waals surface area contributed by atoms with Crippen LogP contribution in [-0.2, 0) is 0 Å². The van der Waals surface area contributed by atoms with Crippen LogP contribution in [0.2, 0.25) is 0 Å². The van der Waals surface area contributed by atoms with Crippen LogP contribution in [0.25, 0.3) is 22.2 Å². The molecule has 0 fully saturated rings. The van der Waals surface area contributed by atoms with Crippen molar-refractivity contribution in [3.63, 3.8) is 0 Å². The number of benzene rings is 1. The van der Waals surface area contributed by atoms with Gasteiger partial charge in [0.2, 0.25) is 5.82 Å². The van der Waals surface area contributed by atoms with Gasteiger partial charge in [0.05, 0.1) is 10.4 Å². The zero-order chi connectivity index (χ0) is 12.5. The topological polar surface area (TPSA) is 64.9 Å². The fourth-order valence-electron chi connectivity index (χ4n) is 1.81. The molecular weight excluding hydrogens is 246 g/mol. The zero-order valence-corrected chi connectivity index (χ0v) is 10.6. The molecule has 0 saturated heterocycles. The molecule has 18 heavy (non-hydrogen) atoms. The minimum absolute atomic E-state index is 0.467. The van der Waals surface area contributed by atoms with Crippen molar-refractivity contribution in [2.45, 2.75) is 6.92 Å². The van der Waals surface area contributed by atoms with Crippen LogP contribution < -0.4 is 5.73 Å². The summed E-state index contributed by atoms with van der Waals surface area (Å²) in [5, 5.41) is 5.97. The number of aromatic nitrogens is 2. The summed E-state index contributed by atoms with van der Waals surface area (Å²) in [6.45, 7) is 1.97. The highest BCUT2D eigenvalue weighted by molar-refractivity contribution is 7.13. The predicted molar refractivity (Wildman–Crippen MR) is 72.2 cm³/mol. The van der Waals surface area contributed by atoms with Gasteiger partial charge in [-0.05, 0) is 30.0 Å². The number of nitrogens with zero attached hydrogens (tertiary/aromatic N) is 2. The third-order valence-electron chi connectivity index (χ3n) is 2.69. The molecule has 0 amide bonds. The minimum Gasteiger partial charge on any atom is -0.398 e. The number of hydrogen-bond donors (Lipinski definition) is 1.